The summed E-state index contributed by atoms with van der Waals surface area (Å²) in [6.45, 7) is 7.25. The zero-order valence-corrected chi connectivity index (χ0v) is 14.8. The largest absolute Gasteiger partial charge is 0.369 e. The lowest BCUT2D eigenvalue weighted by Gasteiger charge is -2.10. The number of halogens is 1. The second kappa shape index (κ2) is 8.29. The molecule has 23 heavy (non-hydrogen) atoms. The first-order chi connectivity index (χ1) is 11.1. The lowest BCUT2D eigenvalue weighted by atomic mass is 10.3. The van der Waals surface area contributed by atoms with Crippen molar-refractivity contribution in [1.29, 1.82) is 0 Å². The highest BCUT2D eigenvalue weighted by atomic mass is 28.3. The van der Waals surface area contributed by atoms with Crippen LogP contribution in [0.3, 0.4) is 0 Å². The highest BCUT2D eigenvalue weighted by Crippen LogP contribution is 2.17. The zero-order valence-electron chi connectivity index (χ0n) is 13.7. The van der Waals surface area contributed by atoms with Gasteiger partial charge < -0.3 is 10.6 Å². The van der Waals surface area contributed by atoms with E-state index >= 15 is 0 Å². The maximum atomic E-state index is 13.2. The number of hydrogen-bond acceptors (Lipinski definition) is 4. The first kappa shape index (κ1) is 17.0. The molecule has 1 heterocycles. The van der Waals surface area contributed by atoms with Crippen LogP contribution in [-0.4, -0.2) is 25.3 Å². The first-order valence-corrected chi connectivity index (χ1v) is 10.6. The Bertz CT molecular complexity index is 722. The summed E-state index contributed by atoms with van der Waals surface area (Å²) in [6, 6.07) is 6.21. The summed E-state index contributed by atoms with van der Waals surface area (Å²) in [5.41, 5.74) is 4.66. The van der Waals surface area contributed by atoms with Gasteiger partial charge in [-0.15, -0.1) is 5.54 Å². The molecule has 0 spiro atoms. The van der Waals surface area contributed by atoms with Crippen LogP contribution in [0.15, 0.2) is 30.5 Å². The average Bonchev–Trinajstić information content (AvgIpc) is 2.52. The van der Waals surface area contributed by atoms with Gasteiger partial charge in [-0.25, -0.2) is 9.37 Å². The van der Waals surface area contributed by atoms with Crippen LogP contribution in [0.4, 0.5) is 21.8 Å². The Morgan fingerprint density at radius 3 is 2.83 bits per heavy atom. The quantitative estimate of drug-likeness (QED) is 0.651. The fourth-order valence-corrected chi connectivity index (χ4v) is 2.27. The van der Waals surface area contributed by atoms with Crippen molar-refractivity contribution in [2.75, 3.05) is 17.2 Å². The Balaban J connectivity index is 2.26. The fourth-order valence-electron chi connectivity index (χ4n) is 1.83. The zero-order chi connectivity index (χ0) is 16.7. The predicted molar refractivity (Wildman–Crippen MR) is 96.3 cm³/mol. The molecule has 6 heteroatoms. The third-order valence-electron chi connectivity index (χ3n) is 2.91. The van der Waals surface area contributed by atoms with Gasteiger partial charge in [0.25, 0.3) is 0 Å². The van der Waals surface area contributed by atoms with Gasteiger partial charge in [0, 0.05) is 12.2 Å². The Morgan fingerprint density at radius 1 is 1.30 bits per heavy atom. The van der Waals surface area contributed by atoms with Crippen LogP contribution in [0.1, 0.15) is 18.9 Å². The smallest absolute Gasteiger partial charge is 0.229 e. The molecule has 1 aromatic carbocycles. The lowest BCUT2D eigenvalue weighted by molar-refractivity contribution is 0.628. The fraction of sp³-hybridized carbons (Fsp3) is 0.294. The molecule has 4 nitrogen and oxygen atoms in total. The number of anilines is 3. The molecule has 0 atom stereocenters. The molecule has 1 aromatic heterocycles. The monoisotopic (exact) mass is 328 g/mol. The van der Waals surface area contributed by atoms with Crippen LogP contribution in [0, 0.1) is 17.3 Å². The van der Waals surface area contributed by atoms with Crippen LogP contribution in [0.5, 0.6) is 0 Å². The van der Waals surface area contributed by atoms with Crippen molar-refractivity contribution in [3.8, 4) is 11.5 Å². The Kier molecular flexibility index (Phi) is 6.12. The van der Waals surface area contributed by atoms with E-state index in [1.807, 2.05) is 0 Å². The van der Waals surface area contributed by atoms with Crippen molar-refractivity contribution in [2.24, 2.45) is 0 Å². The van der Waals surface area contributed by atoms with Gasteiger partial charge in [0.05, 0.1) is 11.8 Å². The SMILES string of the molecule is CCCNc1nc(Nc2cccc(F)c2)ncc1C#C[SiH](C)C. The van der Waals surface area contributed by atoms with E-state index in [2.05, 4.69) is 52.1 Å². The molecule has 0 aliphatic heterocycles. The second-order valence-corrected chi connectivity index (χ2v) is 8.04. The van der Waals surface area contributed by atoms with Crippen LogP contribution >= 0.6 is 0 Å². The van der Waals surface area contributed by atoms with E-state index in [0.29, 0.717) is 17.5 Å². The van der Waals surface area contributed by atoms with Gasteiger partial charge in [-0.2, -0.15) is 4.98 Å². The van der Waals surface area contributed by atoms with Gasteiger partial charge in [-0.3, -0.25) is 0 Å². The van der Waals surface area contributed by atoms with Gasteiger partial charge in [0.1, 0.15) is 20.4 Å². The van der Waals surface area contributed by atoms with E-state index in [9.17, 15) is 4.39 Å². The molecule has 0 aliphatic carbocycles. The Morgan fingerprint density at radius 2 is 2.13 bits per heavy atom. The number of rotatable bonds is 5. The minimum absolute atomic E-state index is 0.302. The average molecular weight is 328 g/mol. The van der Waals surface area contributed by atoms with Gasteiger partial charge in [0.15, 0.2) is 0 Å². The molecule has 2 aromatic rings. The molecular weight excluding hydrogens is 307 g/mol. The van der Waals surface area contributed by atoms with Crippen LogP contribution in [0.2, 0.25) is 13.1 Å². The number of hydrogen-bond donors (Lipinski definition) is 2. The Labute approximate surface area is 138 Å². The number of nitrogens with one attached hydrogen (secondary N) is 2. The highest BCUT2D eigenvalue weighted by molar-refractivity contribution is 6.64. The van der Waals surface area contributed by atoms with E-state index in [1.165, 1.54) is 12.1 Å². The van der Waals surface area contributed by atoms with E-state index < -0.39 is 8.80 Å². The van der Waals surface area contributed by atoms with E-state index in [1.54, 1.807) is 18.3 Å². The van der Waals surface area contributed by atoms with E-state index in [0.717, 1.165) is 18.5 Å². The highest BCUT2D eigenvalue weighted by Gasteiger charge is 2.06. The summed E-state index contributed by atoms with van der Waals surface area (Å²) in [5.74, 6) is 3.99. The van der Waals surface area contributed by atoms with Crippen LogP contribution in [-0.2, 0) is 0 Å². The molecule has 2 rings (SSSR count). The topological polar surface area (TPSA) is 49.8 Å². The van der Waals surface area contributed by atoms with Crippen molar-refractivity contribution in [1.82, 2.24) is 9.97 Å². The molecule has 0 saturated heterocycles. The third-order valence-corrected chi connectivity index (χ3v) is 3.63. The second-order valence-electron chi connectivity index (χ2n) is 5.44. The van der Waals surface area contributed by atoms with Gasteiger partial charge in [-0.1, -0.05) is 32.0 Å². The number of nitrogens with zero attached hydrogens (tertiary/aromatic N) is 2. The van der Waals surface area contributed by atoms with Crippen LogP contribution < -0.4 is 10.6 Å². The number of benzene rings is 1. The summed E-state index contributed by atoms with van der Waals surface area (Å²) in [4.78, 5) is 8.75. The summed E-state index contributed by atoms with van der Waals surface area (Å²) < 4.78 is 13.2. The molecule has 0 aliphatic rings. The Hall–Kier alpha value is -2.39. The maximum Gasteiger partial charge on any atom is 0.229 e. The molecule has 0 radical (unpaired) electrons. The number of aromatic nitrogens is 2. The molecule has 0 bridgehead atoms. The molecule has 0 saturated carbocycles. The van der Waals surface area contributed by atoms with Crippen molar-refractivity contribution in [2.45, 2.75) is 26.4 Å². The predicted octanol–water partition coefficient (Wildman–Crippen LogP) is 3.56. The van der Waals surface area contributed by atoms with Gasteiger partial charge in [0.2, 0.25) is 5.95 Å². The van der Waals surface area contributed by atoms with Crippen LogP contribution in [0.25, 0.3) is 0 Å². The van der Waals surface area contributed by atoms with Gasteiger partial charge >= 0.3 is 0 Å². The molecule has 120 valence electrons. The summed E-state index contributed by atoms with van der Waals surface area (Å²) in [5, 5.41) is 6.28. The van der Waals surface area contributed by atoms with Gasteiger partial charge in [-0.05, 0) is 24.6 Å². The first-order valence-electron chi connectivity index (χ1n) is 7.73. The molecular formula is C17H21FN4Si. The standard InChI is InChI=1S/C17H21FN4Si/c1-4-9-19-16-13(8-10-23(2)3)12-20-17(22-16)21-15-7-5-6-14(18)11-15/h5-7,11-12,23H,4,9H2,1-3H3,(H2,19,20,21,22). The molecule has 0 fully saturated rings. The van der Waals surface area contributed by atoms with Crippen molar-refractivity contribution in [3.05, 3.63) is 41.8 Å². The normalized spacial score (nSPS) is 10.1. The van der Waals surface area contributed by atoms with Crippen molar-refractivity contribution >= 4 is 26.3 Å². The summed E-state index contributed by atoms with van der Waals surface area (Å²) in [6.07, 6.45) is 2.69. The minimum atomic E-state index is -0.964. The summed E-state index contributed by atoms with van der Waals surface area (Å²) >= 11 is 0. The van der Waals surface area contributed by atoms with Crippen molar-refractivity contribution in [3.63, 3.8) is 0 Å². The maximum absolute atomic E-state index is 13.2. The summed E-state index contributed by atoms with van der Waals surface area (Å²) in [7, 11) is -0.964. The molecule has 2 N–H and O–H groups in total. The van der Waals surface area contributed by atoms with E-state index in [-0.39, 0.29) is 5.82 Å². The van der Waals surface area contributed by atoms with Crippen molar-refractivity contribution < 1.29 is 4.39 Å². The minimum Gasteiger partial charge on any atom is -0.369 e. The van der Waals surface area contributed by atoms with E-state index in [4.69, 9.17) is 0 Å². The molecule has 0 unspecified atom stereocenters. The third kappa shape index (κ3) is 5.38. The lowest BCUT2D eigenvalue weighted by Crippen LogP contribution is -2.07. The molecule has 0 amide bonds.